The smallest absolute Gasteiger partial charge is 0.0454 e. The lowest BCUT2D eigenvalue weighted by molar-refractivity contribution is 0.510. The fourth-order valence-corrected chi connectivity index (χ4v) is 1.95. The summed E-state index contributed by atoms with van der Waals surface area (Å²) in [4.78, 5) is 3.19. The second-order valence-electron chi connectivity index (χ2n) is 4.56. The molecule has 0 aliphatic carbocycles. The molecular weight excluding hydrogens is 184 g/mol. The summed E-state index contributed by atoms with van der Waals surface area (Å²) in [6.07, 6.45) is 3.00. The Balaban J connectivity index is 2.27. The number of hydrogen-bond acceptors (Lipinski definition) is 1. The number of rotatable bonds is 3. The van der Waals surface area contributed by atoms with Gasteiger partial charge in [0.2, 0.25) is 0 Å². The minimum absolute atomic E-state index is 0.157. The first-order valence-electron chi connectivity index (χ1n) is 5.49. The first kappa shape index (κ1) is 10.2. The van der Waals surface area contributed by atoms with E-state index in [0.29, 0.717) is 5.92 Å². The molecule has 0 fully saturated rings. The van der Waals surface area contributed by atoms with Gasteiger partial charge in [-0.25, -0.2) is 0 Å². The number of fused-ring (bicyclic) bond motifs is 1. The van der Waals surface area contributed by atoms with Crippen molar-refractivity contribution in [1.82, 2.24) is 4.98 Å². The maximum absolute atomic E-state index is 6.15. The Kier molecular flexibility index (Phi) is 2.78. The molecule has 0 saturated heterocycles. The van der Waals surface area contributed by atoms with E-state index in [4.69, 9.17) is 5.73 Å². The van der Waals surface area contributed by atoms with Gasteiger partial charge in [-0.05, 0) is 41.5 Å². The van der Waals surface area contributed by atoms with Crippen LogP contribution in [0.15, 0.2) is 30.5 Å². The Hall–Kier alpha value is -1.28. The minimum atomic E-state index is 0.157. The maximum atomic E-state index is 6.15. The molecule has 0 aliphatic rings. The Morgan fingerprint density at radius 3 is 2.80 bits per heavy atom. The third-order valence-electron chi connectivity index (χ3n) is 2.73. The van der Waals surface area contributed by atoms with Gasteiger partial charge in [-0.3, -0.25) is 0 Å². The normalized spacial score (nSPS) is 13.6. The number of hydrogen-bond donors (Lipinski definition) is 2. The van der Waals surface area contributed by atoms with E-state index in [-0.39, 0.29) is 6.04 Å². The van der Waals surface area contributed by atoms with Crippen LogP contribution in [0.2, 0.25) is 0 Å². The van der Waals surface area contributed by atoms with E-state index < -0.39 is 0 Å². The number of nitrogens with two attached hydrogens (primary N) is 1. The zero-order valence-corrected chi connectivity index (χ0v) is 9.33. The first-order chi connectivity index (χ1) is 7.16. The summed E-state index contributed by atoms with van der Waals surface area (Å²) in [5.41, 5.74) is 8.55. The Bertz CT molecular complexity index is 442. The van der Waals surface area contributed by atoms with Crippen LogP contribution in [0.4, 0.5) is 0 Å². The van der Waals surface area contributed by atoms with Crippen molar-refractivity contribution in [2.75, 3.05) is 0 Å². The van der Waals surface area contributed by atoms with Crippen molar-refractivity contribution in [2.24, 2.45) is 11.7 Å². The van der Waals surface area contributed by atoms with Crippen LogP contribution in [0.1, 0.15) is 31.9 Å². The summed E-state index contributed by atoms with van der Waals surface area (Å²) < 4.78 is 0. The van der Waals surface area contributed by atoms with Crippen molar-refractivity contribution in [1.29, 1.82) is 0 Å². The number of aromatic nitrogens is 1. The molecule has 0 aliphatic heterocycles. The minimum Gasteiger partial charge on any atom is -0.361 e. The van der Waals surface area contributed by atoms with Crippen LogP contribution in [-0.4, -0.2) is 4.98 Å². The van der Waals surface area contributed by atoms with E-state index in [9.17, 15) is 0 Å². The summed E-state index contributed by atoms with van der Waals surface area (Å²) in [5, 5.41) is 1.24. The van der Waals surface area contributed by atoms with Gasteiger partial charge < -0.3 is 10.7 Å². The van der Waals surface area contributed by atoms with Gasteiger partial charge in [0.15, 0.2) is 0 Å². The molecule has 1 aromatic heterocycles. The van der Waals surface area contributed by atoms with Gasteiger partial charge >= 0.3 is 0 Å². The van der Waals surface area contributed by atoms with Gasteiger partial charge in [0.1, 0.15) is 0 Å². The van der Waals surface area contributed by atoms with Crippen molar-refractivity contribution >= 4 is 10.9 Å². The van der Waals surface area contributed by atoms with E-state index in [1.807, 2.05) is 6.20 Å². The molecule has 0 radical (unpaired) electrons. The van der Waals surface area contributed by atoms with Gasteiger partial charge in [0.05, 0.1) is 0 Å². The fraction of sp³-hybridized carbons (Fsp3) is 0.385. The monoisotopic (exact) mass is 202 g/mol. The fourth-order valence-electron chi connectivity index (χ4n) is 1.95. The molecule has 0 saturated carbocycles. The highest BCUT2D eigenvalue weighted by Crippen LogP contribution is 2.22. The van der Waals surface area contributed by atoms with Crippen LogP contribution >= 0.6 is 0 Å². The molecule has 0 spiro atoms. The van der Waals surface area contributed by atoms with Crippen molar-refractivity contribution in [3.8, 4) is 0 Å². The number of benzene rings is 1. The second-order valence-corrected chi connectivity index (χ2v) is 4.56. The van der Waals surface area contributed by atoms with E-state index in [0.717, 1.165) is 6.42 Å². The second kappa shape index (κ2) is 4.07. The van der Waals surface area contributed by atoms with Gasteiger partial charge in [0, 0.05) is 17.8 Å². The predicted octanol–water partition coefficient (Wildman–Crippen LogP) is 3.21. The average molecular weight is 202 g/mol. The van der Waals surface area contributed by atoms with Crippen molar-refractivity contribution in [2.45, 2.75) is 26.3 Å². The standard InChI is InChI=1S/C13H18N2/c1-9(2)7-12(14)10-3-4-13-11(8-10)5-6-15-13/h3-6,8-9,12,15H,7,14H2,1-2H3/t12-/m1/s1. The maximum Gasteiger partial charge on any atom is 0.0454 e. The molecule has 0 amide bonds. The van der Waals surface area contributed by atoms with Crippen molar-refractivity contribution in [3.63, 3.8) is 0 Å². The number of H-pyrrole nitrogens is 1. The quantitative estimate of drug-likeness (QED) is 0.788. The molecule has 15 heavy (non-hydrogen) atoms. The van der Waals surface area contributed by atoms with Crippen LogP contribution in [-0.2, 0) is 0 Å². The van der Waals surface area contributed by atoms with Crippen molar-refractivity contribution in [3.05, 3.63) is 36.0 Å². The van der Waals surface area contributed by atoms with Crippen LogP contribution in [0.5, 0.6) is 0 Å². The molecule has 0 unspecified atom stereocenters. The summed E-state index contributed by atoms with van der Waals surface area (Å²) in [6, 6.07) is 8.64. The molecule has 1 atom stereocenters. The van der Waals surface area contributed by atoms with Gasteiger partial charge in [-0.15, -0.1) is 0 Å². The Labute approximate surface area is 90.5 Å². The summed E-state index contributed by atoms with van der Waals surface area (Å²) >= 11 is 0. The topological polar surface area (TPSA) is 41.8 Å². The SMILES string of the molecule is CC(C)C[C@@H](N)c1ccc2[nH]ccc2c1. The third kappa shape index (κ3) is 2.21. The third-order valence-corrected chi connectivity index (χ3v) is 2.73. The van der Waals surface area contributed by atoms with Crippen LogP contribution in [0.3, 0.4) is 0 Å². The van der Waals surface area contributed by atoms with E-state index in [2.05, 4.69) is 43.1 Å². The van der Waals surface area contributed by atoms with Crippen LogP contribution in [0, 0.1) is 5.92 Å². The summed E-state index contributed by atoms with van der Waals surface area (Å²) in [5.74, 6) is 0.641. The molecule has 2 rings (SSSR count). The summed E-state index contributed by atoms with van der Waals surface area (Å²) in [6.45, 7) is 4.41. The average Bonchev–Trinajstić information content (AvgIpc) is 2.62. The van der Waals surface area contributed by atoms with Crippen LogP contribution < -0.4 is 5.73 Å². The largest absolute Gasteiger partial charge is 0.361 e. The zero-order valence-electron chi connectivity index (χ0n) is 9.33. The lowest BCUT2D eigenvalue weighted by Crippen LogP contribution is -2.12. The van der Waals surface area contributed by atoms with Crippen LogP contribution in [0.25, 0.3) is 10.9 Å². The first-order valence-corrected chi connectivity index (χ1v) is 5.49. The molecule has 2 nitrogen and oxygen atoms in total. The lowest BCUT2D eigenvalue weighted by atomic mass is 9.97. The van der Waals surface area contributed by atoms with E-state index in [1.54, 1.807) is 0 Å². The zero-order chi connectivity index (χ0) is 10.8. The van der Waals surface area contributed by atoms with Gasteiger partial charge in [-0.1, -0.05) is 19.9 Å². The molecule has 1 heterocycles. The van der Waals surface area contributed by atoms with Crippen molar-refractivity contribution < 1.29 is 0 Å². The molecule has 80 valence electrons. The highest BCUT2D eigenvalue weighted by Gasteiger charge is 2.08. The Morgan fingerprint density at radius 2 is 2.07 bits per heavy atom. The molecular formula is C13H18N2. The molecule has 3 N–H and O–H groups in total. The number of nitrogens with one attached hydrogen (secondary N) is 1. The van der Waals surface area contributed by atoms with Gasteiger partial charge in [0.25, 0.3) is 0 Å². The number of aromatic amines is 1. The molecule has 2 aromatic rings. The summed E-state index contributed by atoms with van der Waals surface area (Å²) in [7, 11) is 0. The molecule has 0 bridgehead atoms. The van der Waals surface area contributed by atoms with E-state index >= 15 is 0 Å². The Morgan fingerprint density at radius 1 is 1.27 bits per heavy atom. The molecule has 2 heteroatoms. The molecule has 1 aromatic carbocycles. The highest BCUT2D eigenvalue weighted by molar-refractivity contribution is 5.80. The highest BCUT2D eigenvalue weighted by atomic mass is 14.7. The predicted molar refractivity (Wildman–Crippen MR) is 64.7 cm³/mol. The van der Waals surface area contributed by atoms with E-state index in [1.165, 1.54) is 16.5 Å². The van der Waals surface area contributed by atoms with Gasteiger partial charge in [-0.2, -0.15) is 0 Å². The lowest BCUT2D eigenvalue weighted by Gasteiger charge is -2.14.